The van der Waals surface area contributed by atoms with Crippen molar-refractivity contribution in [3.8, 4) is 0 Å². The number of nitrogens with one attached hydrogen (secondary N) is 3. The summed E-state index contributed by atoms with van der Waals surface area (Å²) in [6.07, 6.45) is 2.16. The zero-order valence-electron chi connectivity index (χ0n) is 20.4. The number of rotatable bonds is 16. The van der Waals surface area contributed by atoms with Gasteiger partial charge in [-0.25, -0.2) is 4.79 Å². The Morgan fingerprint density at radius 2 is 1.60 bits per heavy atom. The number of carboxylic acid groups (broad SMARTS) is 1. The number of benzene rings is 1. The minimum absolute atomic E-state index is 0.101. The van der Waals surface area contributed by atoms with Crippen molar-refractivity contribution in [2.75, 3.05) is 12.3 Å². The number of thiol groups is 1. The van der Waals surface area contributed by atoms with Gasteiger partial charge in [-0.05, 0) is 37.3 Å². The molecule has 8 N–H and O–H groups in total. The van der Waals surface area contributed by atoms with E-state index in [2.05, 4.69) is 28.6 Å². The summed E-state index contributed by atoms with van der Waals surface area (Å²) >= 11 is 4.03. The smallest absolute Gasteiger partial charge is 0.326 e. The number of carboxylic acids is 1. The van der Waals surface area contributed by atoms with Gasteiger partial charge in [0.1, 0.15) is 18.1 Å². The quantitative estimate of drug-likeness (QED) is 0.123. The molecule has 0 aromatic heterocycles. The van der Waals surface area contributed by atoms with Gasteiger partial charge in [0.25, 0.3) is 0 Å². The highest BCUT2D eigenvalue weighted by atomic mass is 32.1. The third kappa shape index (κ3) is 10.7. The molecule has 0 bridgehead atoms. The number of aliphatic carboxylic acids is 1. The number of hydrogen-bond acceptors (Lipinski definition) is 7. The van der Waals surface area contributed by atoms with Crippen molar-refractivity contribution in [2.24, 2.45) is 17.4 Å². The van der Waals surface area contributed by atoms with Crippen LogP contribution >= 0.6 is 12.6 Å². The van der Waals surface area contributed by atoms with E-state index in [0.29, 0.717) is 25.8 Å². The van der Waals surface area contributed by atoms with E-state index in [1.165, 1.54) is 0 Å². The molecule has 0 saturated heterocycles. The number of unbranched alkanes of at least 4 members (excludes halogenated alkanes) is 1. The van der Waals surface area contributed by atoms with Gasteiger partial charge in [-0.2, -0.15) is 12.6 Å². The molecule has 0 aliphatic rings. The van der Waals surface area contributed by atoms with E-state index >= 15 is 0 Å². The lowest BCUT2D eigenvalue weighted by Gasteiger charge is -2.28. The summed E-state index contributed by atoms with van der Waals surface area (Å²) in [5.74, 6) is -3.03. The Bertz CT molecular complexity index is 826. The molecule has 196 valence electrons. The van der Waals surface area contributed by atoms with Crippen LogP contribution in [-0.4, -0.2) is 65.3 Å². The summed E-state index contributed by atoms with van der Waals surface area (Å²) in [6, 6.07) is 5.14. The van der Waals surface area contributed by atoms with E-state index < -0.39 is 47.9 Å². The van der Waals surface area contributed by atoms with E-state index in [9.17, 15) is 24.3 Å². The van der Waals surface area contributed by atoms with Crippen molar-refractivity contribution >= 4 is 36.3 Å². The topological polar surface area (TPSA) is 177 Å². The van der Waals surface area contributed by atoms with Crippen LogP contribution in [0.2, 0.25) is 0 Å². The molecule has 11 heteroatoms. The van der Waals surface area contributed by atoms with Crippen LogP contribution in [0.3, 0.4) is 0 Å². The van der Waals surface area contributed by atoms with Crippen molar-refractivity contribution < 1.29 is 24.3 Å². The van der Waals surface area contributed by atoms with Crippen LogP contribution in [-0.2, 0) is 25.6 Å². The molecular formula is C24H39N5O5S. The fourth-order valence-corrected chi connectivity index (χ4v) is 3.55. The molecule has 1 aromatic carbocycles. The molecule has 1 rings (SSSR count). The summed E-state index contributed by atoms with van der Waals surface area (Å²) in [5.41, 5.74) is 12.0. The molecule has 0 radical (unpaired) electrons. The molecular weight excluding hydrogens is 470 g/mol. The SMILES string of the molecule is CCC(C)C(NC(=O)C(Cc1ccccc1)NC(=O)C(N)CS)C(=O)NC(CCCCN)C(=O)O. The largest absolute Gasteiger partial charge is 0.480 e. The lowest BCUT2D eigenvalue weighted by atomic mass is 9.96. The second-order valence-corrected chi connectivity index (χ2v) is 8.96. The summed E-state index contributed by atoms with van der Waals surface area (Å²) < 4.78 is 0. The van der Waals surface area contributed by atoms with E-state index in [1.807, 2.05) is 37.3 Å². The first-order valence-electron chi connectivity index (χ1n) is 11.9. The molecule has 10 nitrogen and oxygen atoms in total. The van der Waals surface area contributed by atoms with Gasteiger partial charge in [0.15, 0.2) is 0 Å². The second kappa shape index (κ2) is 16.1. The van der Waals surface area contributed by atoms with Crippen LogP contribution in [0, 0.1) is 5.92 Å². The average molecular weight is 510 g/mol. The van der Waals surface area contributed by atoms with Gasteiger partial charge in [-0.3, -0.25) is 14.4 Å². The molecule has 0 heterocycles. The van der Waals surface area contributed by atoms with Gasteiger partial charge in [0.2, 0.25) is 17.7 Å². The lowest BCUT2D eigenvalue weighted by molar-refractivity contribution is -0.143. The fourth-order valence-electron chi connectivity index (χ4n) is 3.39. The predicted octanol–water partition coefficient (Wildman–Crippen LogP) is 0.200. The van der Waals surface area contributed by atoms with Gasteiger partial charge < -0.3 is 32.5 Å². The van der Waals surface area contributed by atoms with E-state index in [4.69, 9.17) is 11.5 Å². The van der Waals surface area contributed by atoms with Crippen molar-refractivity contribution in [1.29, 1.82) is 0 Å². The molecule has 0 saturated carbocycles. The van der Waals surface area contributed by atoms with Gasteiger partial charge in [-0.1, -0.05) is 50.6 Å². The van der Waals surface area contributed by atoms with Crippen molar-refractivity contribution in [1.82, 2.24) is 16.0 Å². The van der Waals surface area contributed by atoms with Crippen molar-refractivity contribution in [3.05, 3.63) is 35.9 Å². The molecule has 5 unspecified atom stereocenters. The number of nitrogens with two attached hydrogens (primary N) is 2. The molecule has 35 heavy (non-hydrogen) atoms. The Morgan fingerprint density at radius 3 is 2.14 bits per heavy atom. The van der Waals surface area contributed by atoms with Crippen LogP contribution in [0.1, 0.15) is 45.1 Å². The summed E-state index contributed by atoms with van der Waals surface area (Å²) in [7, 11) is 0. The summed E-state index contributed by atoms with van der Waals surface area (Å²) in [5, 5.41) is 17.4. The molecule has 0 spiro atoms. The van der Waals surface area contributed by atoms with Crippen LogP contribution in [0.15, 0.2) is 30.3 Å². The zero-order chi connectivity index (χ0) is 26.4. The third-order valence-corrected chi connectivity index (χ3v) is 6.20. The highest BCUT2D eigenvalue weighted by Gasteiger charge is 2.32. The standard InChI is InChI=1S/C24H39N5O5S/c1-3-15(2)20(23(32)27-18(24(33)34)11-7-8-12-25)29-22(31)19(28-21(30)17(26)14-35)13-16-9-5-4-6-10-16/h4-6,9-10,15,17-20,35H,3,7-8,11-14,25-26H2,1-2H3,(H,27,32)(H,28,30)(H,29,31)(H,33,34). The van der Waals surface area contributed by atoms with E-state index in [0.717, 1.165) is 5.56 Å². The normalized spacial score (nSPS) is 15.2. The molecule has 0 aliphatic heterocycles. The average Bonchev–Trinajstić information content (AvgIpc) is 2.85. The van der Waals surface area contributed by atoms with Gasteiger partial charge in [0.05, 0.1) is 6.04 Å². The van der Waals surface area contributed by atoms with Gasteiger partial charge >= 0.3 is 5.97 Å². The van der Waals surface area contributed by atoms with Gasteiger partial charge in [0, 0.05) is 12.2 Å². The first-order chi connectivity index (χ1) is 16.6. The summed E-state index contributed by atoms with van der Waals surface area (Å²) in [4.78, 5) is 50.4. The second-order valence-electron chi connectivity index (χ2n) is 8.60. The minimum Gasteiger partial charge on any atom is -0.480 e. The Kier molecular flexibility index (Phi) is 14.0. The Balaban J connectivity index is 3.06. The number of carbonyl (C=O) groups excluding carboxylic acids is 3. The van der Waals surface area contributed by atoms with Crippen LogP contribution in [0.25, 0.3) is 0 Å². The van der Waals surface area contributed by atoms with Crippen LogP contribution < -0.4 is 27.4 Å². The minimum atomic E-state index is -1.15. The van der Waals surface area contributed by atoms with Crippen LogP contribution in [0.5, 0.6) is 0 Å². The third-order valence-electron chi connectivity index (χ3n) is 5.80. The fraction of sp³-hybridized carbons (Fsp3) is 0.583. The monoisotopic (exact) mass is 509 g/mol. The number of carbonyl (C=O) groups is 4. The molecule has 3 amide bonds. The maximum Gasteiger partial charge on any atom is 0.326 e. The summed E-state index contributed by atoms with van der Waals surface area (Å²) in [6.45, 7) is 4.08. The maximum absolute atomic E-state index is 13.3. The maximum atomic E-state index is 13.3. The zero-order valence-corrected chi connectivity index (χ0v) is 21.3. The predicted molar refractivity (Wildman–Crippen MR) is 138 cm³/mol. The molecule has 1 aromatic rings. The lowest BCUT2D eigenvalue weighted by Crippen LogP contribution is -2.59. The highest BCUT2D eigenvalue weighted by Crippen LogP contribution is 2.11. The highest BCUT2D eigenvalue weighted by molar-refractivity contribution is 7.80. The number of amides is 3. The first kappa shape index (κ1) is 30.4. The van der Waals surface area contributed by atoms with E-state index in [-0.39, 0.29) is 24.5 Å². The van der Waals surface area contributed by atoms with Crippen molar-refractivity contribution in [2.45, 2.75) is 70.1 Å². The van der Waals surface area contributed by atoms with Crippen molar-refractivity contribution in [3.63, 3.8) is 0 Å². The molecule has 5 atom stereocenters. The Labute approximate surface area is 212 Å². The Hall–Kier alpha value is -2.63. The first-order valence-corrected chi connectivity index (χ1v) is 12.5. The van der Waals surface area contributed by atoms with Gasteiger partial charge in [-0.15, -0.1) is 0 Å². The molecule has 0 fully saturated rings. The molecule has 0 aliphatic carbocycles. The number of hydrogen-bond donors (Lipinski definition) is 7. The Morgan fingerprint density at radius 1 is 0.971 bits per heavy atom. The van der Waals surface area contributed by atoms with Crippen LogP contribution in [0.4, 0.5) is 0 Å². The van der Waals surface area contributed by atoms with E-state index in [1.54, 1.807) is 6.92 Å².